The summed E-state index contributed by atoms with van der Waals surface area (Å²) < 4.78 is 46.7. The van der Waals surface area contributed by atoms with Gasteiger partial charge in [-0.15, -0.1) is 0 Å². The summed E-state index contributed by atoms with van der Waals surface area (Å²) in [6, 6.07) is 5.31. The normalized spacial score (nSPS) is 12.6. The van der Waals surface area contributed by atoms with E-state index >= 15 is 0 Å². The molecule has 10 heteroatoms. The quantitative estimate of drug-likeness (QED) is 0.564. The SMILES string of the molecule is COc1ccc2c(ncc3[nH]c(=O)n(Cc4c(F)cc(S(C)=O)cc4F)c32)n1. The lowest BCUT2D eigenvalue weighted by Gasteiger charge is -2.09. The van der Waals surface area contributed by atoms with Crippen molar-refractivity contribution in [3.63, 3.8) is 0 Å². The van der Waals surface area contributed by atoms with Crippen LogP contribution in [-0.2, 0) is 17.3 Å². The number of methoxy groups -OCH3 is 1. The number of nitrogens with one attached hydrogen (secondary N) is 1. The van der Waals surface area contributed by atoms with Gasteiger partial charge in [-0.2, -0.15) is 4.98 Å². The van der Waals surface area contributed by atoms with Gasteiger partial charge in [0.25, 0.3) is 0 Å². The summed E-state index contributed by atoms with van der Waals surface area (Å²) in [5, 5.41) is 0.531. The molecule has 28 heavy (non-hydrogen) atoms. The molecule has 3 aromatic heterocycles. The number of hydrogen-bond donors (Lipinski definition) is 1. The van der Waals surface area contributed by atoms with Crippen molar-refractivity contribution in [3.8, 4) is 5.88 Å². The molecule has 7 nitrogen and oxygen atoms in total. The van der Waals surface area contributed by atoms with Crippen molar-refractivity contribution in [2.75, 3.05) is 13.4 Å². The molecule has 1 unspecified atom stereocenters. The minimum Gasteiger partial charge on any atom is -0.481 e. The summed E-state index contributed by atoms with van der Waals surface area (Å²) in [5.74, 6) is -1.39. The lowest BCUT2D eigenvalue weighted by atomic mass is 10.2. The van der Waals surface area contributed by atoms with Gasteiger partial charge in [0.1, 0.15) is 11.6 Å². The number of rotatable bonds is 4. The van der Waals surface area contributed by atoms with Gasteiger partial charge in [0.15, 0.2) is 5.65 Å². The smallest absolute Gasteiger partial charge is 0.326 e. The van der Waals surface area contributed by atoms with Gasteiger partial charge in [-0.05, 0) is 18.2 Å². The molecule has 0 aliphatic rings. The zero-order valence-corrected chi connectivity index (χ0v) is 15.6. The number of halogens is 2. The zero-order chi connectivity index (χ0) is 20.0. The van der Waals surface area contributed by atoms with Gasteiger partial charge in [0.05, 0.1) is 30.9 Å². The molecule has 0 aliphatic carbocycles. The molecule has 0 amide bonds. The number of benzene rings is 1. The van der Waals surface area contributed by atoms with Crippen molar-refractivity contribution < 1.29 is 17.7 Å². The van der Waals surface area contributed by atoms with E-state index < -0.39 is 28.1 Å². The fourth-order valence-electron chi connectivity index (χ4n) is 3.03. The number of aromatic amines is 1. The van der Waals surface area contributed by atoms with Crippen LogP contribution in [0.15, 0.2) is 40.2 Å². The standard InChI is InChI=1S/C18H14F2N4O3S/c1-27-15-4-3-10-16-14(7-21-17(10)23-15)22-18(25)24(16)8-11-12(19)5-9(28(2)26)6-13(11)20/h3-7H,8H2,1-2H3,(H,22,25). The van der Waals surface area contributed by atoms with E-state index in [0.29, 0.717) is 27.9 Å². The molecule has 0 fully saturated rings. The second-order valence-corrected chi connectivity index (χ2v) is 7.46. The second kappa shape index (κ2) is 6.79. The Morgan fingerprint density at radius 3 is 2.61 bits per heavy atom. The van der Waals surface area contributed by atoms with Crippen LogP contribution >= 0.6 is 0 Å². The molecular weight excluding hydrogens is 390 g/mol. The third-order valence-corrected chi connectivity index (χ3v) is 5.30. The first-order valence-electron chi connectivity index (χ1n) is 8.12. The summed E-state index contributed by atoms with van der Waals surface area (Å²) >= 11 is 0. The van der Waals surface area contributed by atoms with Gasteiger partial charge in [-0.3, -0.25) is 8.78 Å². The number of hydrogen-bond acceptors (Lipinski definition) is 5. The minimum absolute atomic E-state index is 0.0379. The Morgan fingerprint density at radius 1 is 1.25 bits per heavy atom. The van der Waals surface area contributed by atoms with E-state index in [0.717, 1.165) is 12.1 Å². The fourth-order valence-corrected chi connectivity index (χ4v) is 3.57. The van der Waals surface area contributed by atoms with Crippen molar-refractivity contribution in [3.05, 3.63) is 58.1 Å². The summed E-state index contributed by atoms with van der Waals surface area (Å²) in [7, 11) is -0.0584. The van der Waals surface area contributed by atoms with Crippen molar-refractivity contribution >= 4 is 32.9 Å². The van der Waals surface area contributed by atoms with Crippen molar-refractivity contribution in [1.82, 2.24) is 19.5 Å². The molecule has 4 rings (SSSR count). The fraction of sp³-hybridized carbons (Fsp3) is 0.167. The maximum absolute atomic E-state index is 14.5. The first kappa shape index (κ1) is 18.2. The van der Waals surface area contributed by atoms with Crippen LogP contribution in [0.3, 0.4) is 0 Å². The van der Waals surface area contributed by atoms with Gasteiger partial charge in [-0.25, -0.2) is 18.6 Å². The zero-order valence-electron chi connectivity index (χ0n) is 14.8. The largest absolute Gasteiger partial charge is 0.481 e. The predicted molar refractivity (Wildman–Crippen MR) is 100.0 cm³/mol. The number of imidazole rings is 1. The molecule has 1 atom stereocenters. The average Bonchev–Trinajstić information content (AvgIpc) is 2.99. The maximum Gasteiger partial charge on any atom is 0.326 e. The number of ether oxygens (including phenoxy) is 1. The molecule has 1 aromatic carbocycles. The molecule has 0 aliphatic heterocycles. The van der Waals surface area contributed by atoms with Crippen LogP contribution in [0.4, 0.5) is 8.78 Å². The Kier molecular flexibility index (Phi) is 4.42. The van der Waals surface area contributed by atoms with E-state index in [1.54, 1.807) is 12.1 Å². The van der Waals surface area contributed by atoms with Gasteiger partial charge in [0.2, 0.25) is 5.88 Å². The third-order valence-electron chi connectivity index (χ3n) is 4.40. The first-order valence-corrected chi connectivity index (χ1v) is 9.68. The van der Waals surface area contributed by atoms with E-state index in [1.165, 1.54) is 24.1 Å². The van der Waals surface area contributed by atoms with E-state index in [1.807, 2.05) is 0 Å². The minimum atomic E-state index is -1.53. The molecule has 144 valence electrons. The molecule has 0 spiro atoms. The number of pyridine rings is 2. The third kappa shape index (κ3) is 2.95. The monoisotopic (exact) mass is 404 g/mol. The van der Waals surface area contributed by atoms with E-state index in [2.05, 4.69) is 15.0 Å². The summed E-state index contributed by atoms with van der Waals surface area (Å²) in [4.78, 5) is 23.5. The molecule has 0 saturated carbocycles. The van der Waals surface area contributed by atoms with Gasteiger partial charge < -0.3 is 9.72 Å². The highest BCUT2D eigenvalue weighted by Crippen LogP contribution is 2.25. The van der Waals surface area contributed by atoms with Crippen LogP contribution < -0.4 is 10.4 Å². The molecular formula is C18H14F2N4O3S. The van der Waals surface area contributed by atoms with E-state index in [4.69, 9.17) is 4.74 Å². The number of nitrogens with zero attached hydrogens (tertiary/aromatic N) is 3. The lowest BCUT2D eigenvalue weighted by molar-refractivity contribution is 0.399. The van der Waals surface area contributed by atoms with Gasteiger partial charge in [0, 0.05) is 39.0 Å². The summed E-state index contributed by atoms with van der Waals surface area (Å²) in [5.41, 5.74) is 0.326. The Hall–Kier alpha value is -3.14. The van der Waals surface area contributed by atoms with Crippen molar-refractivity contribution in [2.24, 2.45) is 0 Å². The maximum atomic E-state index is 14.5. The van der Waals surface area contributed by atoms with Crippen LogP contribution in [-0.4, -0.2) is 37.1 Å². The molecule has 0 bridgehead atoms. The molecule has 0 radical (unpaired) electrons. The van der Waals surface area contributed by atoms with Gasteiger partial charge >= 0.3 is 5.69 Å². The highest BCUT2D eigenvalue weighted by atomic mass is 32.2. The molecule has 3 heterocycles. The Balaban J connectivity index is 1.92. The summed E-state index contributed by atoms with van der Waals surface area (Å²) in [6.07, 6.45) is 2.76. The highest BCUT2D eigenvalue weighted by Gasteiger charge is 2.18. The topological polar surface area (TPSA) is 89.9 Å². The Morgan fingerprint density at radius 2 is 1.96 bits per heavy atom. The Bertz CT molecular complexity index is 1290. The molecule has 4 aromatic rings. The number of aromatic nitrogens is 4. The second-order valence-electron chi connectivity index (χ2n) is 6.08. The molecule has 1 N–H and O–H groups in total. The van der Waals surface area contributed by atoms with Crippen molar-refractivity contribution in [1.29, 1.82) is 0 Å². The van der Waals surface area contributed by atoms with Crippen LogP contribution in [0.2, 0.25) is 0 Å². The van der Waals surface area contributed by atoms with Gasteiger partial charge in [-0.1, -0.05) is 0 Å². The highest BCUT2D eigenvalue weighted by molar-refractivity contribution is 7.84. The number of H-pyrrole nitrogens is 1. The van der Waals surface area contributed by atoms with Crippen molar-refractivity contribution in [2.45, 2.75) is 11.4 Å². The molecule has 0 saturated heterocycles. The summed E-state index contributed by atoms with van der Waals surface area (Å²) in [6.45, 7) is -0.349. The Labute approximate surface area is 159 Å². The average molecular weight is 404 g/mol. The first-order chi connectivity index (χ1) is 13.4. The van der Waals surface area contributed by atoms with E-state index in [9.17, 15) is 17.8 Å². The van der Waals surface area contributed by atoms with Crippen LogP contribution in [0.5, 0.6) is 5.88 Å². The van der Waals surface area contributed by atoms with Crippen LogP contribution in [0.25, 0.3) is 22.1 Å². The number of fused-ring (bicyclic) bond motifs is 3. The van der Waals surface area contributed by atoms with Crippen LogP contribution in [0, 0.1) is 11.6 Å². The predicted octanol–water partition coefficient (Wildman–Crippen LogP) is 2.35. The van der Waals surface area contributed by atoms with E-state index in [-0.39, 0.29) is 17.0 Å². The van der Waals surface area contributed by atoms with Crippen LogP contribution in [0.1, 0.15) is 5.56 Å². The lowest BCUT2D eigenvalue weighted by Crippen LogP contribution is -2.19.